The average molecular weight is 212 g/mol. The van der Waals surface area contributed by atoms with Crippen molar-refractivity contribution < 1.29 is 0 Å². The number of aromatic nitrogens is 1. The van der Waals surface area contributed by atoms with Crippen molar-refractivity contribution in [3.63, 3.8) is 0 Å². The number of hydrogen-bond donors (Lipinski definition) is 1. The third kappa shape index (κ3) is 2.12. The van der Waals surface area contributed by atoms with Gasteiger partial charge in [-0.05, 0) is 31.2 Å². The van der Waals surface area contributed by atoms with Gasteiger partial charge in [0.2, 0.25) is 0 Å². The zero-order chi connectivity index (χ0) is 11.4. The van der Waals surface area contributed by atoms with Crippen molar-refractivity contribution in [1.82, 2.24) is 10.3 Å². The molecule has 2 aromatic rings. The molecule has 0 saturated carbocycles. The number of fused-ring (bicyclic) bond motifs is 1. The summed E-state index contributed by atoms with van der Waals surface area (Å²) < 4.78 is 0. The summed E-state index contributed by atoms with van der Waals surface area (Å²) in [5.41, 5.74) is 3.57. The van der Waals surface area contributed by atoms with Gasteiger partial charge in [0.25, 0.3) is 0 Å². The minimum atomic E-state index is 0.889. The van der Waals surface area contributed by atoms with E-state index in [2.05, 4.69) is 47.6 Å². The second-order valence-electron chi connectivity index (χ2n) is 3.81. The predicted octanol–water partition coefficient (Wildman–Crippen LogP) is 2.78. The van der Waals surface area contributed by atoms with Crippen LogP contribution in [0, 0.1) is 6.92 Å². The van der Waals surface area contributed by atoms with Crippen molar-refractivity contribution in [1.29, 1.82) is 0 Å². The molecule has 0 fully saturated rings. The highest BCUT2D eigenvalue weighted by atomic mass is 14.8. The van der Waals surface area contributed by atoms with Crippen molar-refractivity contribution in [2.24, 2.45) is 0 Å². The first-order valence-corrected chi connectivity index (χ1v) is 5.48. The fourth-order valence-corrected chi connectivity index (χ4v) is 1.79. The molecule has 0 saturated heterocycles. The van der Waals surface area contributed by atoms with E-state index in [1.54, 1.807) is 0 Å². The molecule has 0 bridgehead atoms. The van der Waals surface area contributed by atoms with Crippen LogP contribution in [0.5, 0.6) is 0 Å². The normalized spacial score (nSPS) is 11.4. The van der Waals surface area contributed by atoms with Crippen LogP contribution in [0.3, 0.4) is 0 Å². The van der Waals surface area contributed by atoms with Gasteiger partial charge in [-0.15, -0.1) is 0 Å². The molecule has 0 spiro atoms. The zero-order valence-corrected chi connectivity index (χ0v) is 9.70. The van der Waals surface area contributed by atoms with Crippen molar-refractivity contribution in [3.8, 4) is 0 Å². The highest BCUT2D eigenvalue weighted by molar-refractivity contribution is 5.84. The van der Waals surface area contributed by atoms with Crippen LogP contribution in [-0.2, 0) is 0 Å². The maximum absolute atomic E-state index is 4.42. The van der Waals surface area contributed by atoms with E-state index >= 15 is 0 Å². The lowest BCUT2D eigenvalue weighted by Crippen LogP contribution is -2.03. The lowest BCUT2D eigenvalue weighted by Gasteiger charge is -2.04. The molecule has 0 aliphatic carbocycles. The summed E-state index contributed by atoms with van der Waals surface area (Å²) in [5.74, 6) is 0. The SMILES string of the molecule is CNCC=Cc1ccc2cccnc2c1C. The number of likely N-dealkylation sites (N-methyl/N-ethyl adjacent to an activating group) is 1. The summed E-state index contributed by atoms with van der Waals surface area (Å²) in [4.78, 5) is 4.42. The second kappa shape index (κ2) is 4.90. The van der Waals surface area contributed by atoms with Crippen molar-refractivity contribution in [2.45, 2.75) is 6.92 Å². The smallest absolute Gasteiger partial charge is 0.0737 e. The van der Waals surface area contributed by atoms with E-state index < -0.39 is 0 Å². The third-order valence-electron chi connectivity index (χ3n) is 2.69. The molecule has 2 rings (SSSR count). The molecule has 0 atom stereocenters. The number of aryl methyl sites for hydroxylation is 1. The molecule has 2 heteroatoms. The van der Waals surface area contributed by atoms with Crippen LogP contribution in [0.4, 0.5) is 0 Å². The lowest BCUT2D eigenvalue weighted by molar-refractivity contribution is 0.922. The van der Waals surface area contributed by atoms with Gasteiger partial charge in [0.1, 0.15) is 0 Å². The summed E-state index contributed by atoms with van der Waals surface area (Å²) in [6.07, 6.45) is 6.10. The highest BCUT2D eigenvalue weighted by Crippen LogP contribution is 2.20. The van der Waals surface area contributed by atoms with Gasteiger partial charge in [0.15, 0.2) is 0 Å². The van der Waals surface area contributed by atoms with E-state index in [4.69, 9.17) is 0 Å². The van der Waals surface area contributed by atoms with E-state index in [1.165, 1.54) is 16.5 Å². The Kier molecular flexibility index (Phi) is 3.32. The summed E-state index contributed by atoms with van der Waals surface area (Å²) in [7, 11) is 1.94. The van der Waals surface area contributed by atoms with Gasteiger partial charge < -0.3 is 5.32 Å². The first kappa shape index (κ1) is 10.8. The lowest BCUT2D eigenvalue weighted by atomic mass is 10.0. The largest absolute Gasteiger partial charge is 0.316 e. The Morgan fingerprint density at radius 2 is 2.19 bits per heavy atom. The fraction of sp³-hybridized carbons (Fsp3) is 0.214. The van der Waals surface area contributed by atoms with E-state index in [0.717, 1.165) is 12.1 Å². The maximum Gasteiger partial charge on any atom is 0.0737 e. The van der Waals surface area contributed by atoms with E-state index in [1.807, 2.05) is 19.3 Å². The van der Waals surface area contributed by atoms with Crippen LogP contribution in [0.25, 0.3) is 17.0 Å². The highest BCUT2D eigenvalue weighted by Gasteiger charge is 2.00. The zero-order valence-electron chi connectivity index (χ0n) is 9.70. The van der Waals surface area contributed by atoms with E-state index in [-0.39, 0.29) is 0 Å². The Labute approximate surface area is 96.0 Å². The molecular weight excluding hydrogens is 196 g/mol. The van der Waals surface area contributed by atoms with Crippen LogP contribution in [0.15, 0.2) is 36.5 Å². The van der Waals surface area contributed by atoms with Gasteiger partial charge in [-0.25, -0.2) is 0 Å². The second-order valence-corrected chi connectivity index (χ2v) is 3.81. The maximum atomic E-state index is 4.42. The first-order chi connectivity index (χ1) is 7.83. The molecule has 1 N–H and O–H groups in total. The minimum Gasteiger partial charge on any atom is -0.316 e. The van der Waals surface area contributed by atoms with Crippen LogP contribution < -0.4 is 5.32 Å². The van der Waals surface area contributed by atoms with Gasteiger partial charge in [-0.2, -0.15) is 0 Å². The molecule has 1 aromatic carbocycles. The number of nitrogens with zero attached hydrogens (tertiary/aromatic N) is 1. The van der Waals surface area contributed by atoms with Crippen LogP contribution in [-0.4, -0.2) is 18.6 Å². The number of rotatable bonds is 3. The van der Waals surface area contributed by atoms with E-state index in [0.29, 0.717) is 0 Å². The number of benzene rings is 1. The molecule has 16 heavy (non-hydrogen) atoms. The van der Waals surface area contributed by atoms with Crippen molar-refractivity contribution in [3.05, 3.63) is 47.7 Å². The van der Waals surface area contributed by atoms with Crippen molar-refractivity contribution in [2.75, 3.05) is 13.6 Å². The first-order valence-electron chi connectivity index (χ1n) is 5.48. The quantitative estimate of drug-likeness (QED) is 0.846. The molecule has 0 radical (unpaired) electrons. The summed E-state index contributed by atoms with van der Waals surface area (Å²) in [5, 5.41) is 4.29. The molecule has 0 amide bonds. The van der Waals surface area contributed by atoms with Gasteiger partial charge in [0.05, 0.1) is 5.52 Å². The third-order valence-corrected chi connectivity index (χ3v) is 2.69. The van der Waals surface area contributed by atoms with Gasteiger partial charge in [0, 0.05) is 18.1 Å². The number of nitrogens with one attached hydrogen (secondary N) is 1. The Balaban J connectivity index is 2.44. The molecule has 0 unspecified atom stereocenters. The molecule has 82 valence electrons. The molecule has 0 aliphatic rings. The molecular formula is C14H16N2. The van der Waals surface area contributed by atoms with Crippen LogP contribution in [0.1, 0.15) is 11.1 Å². The standard InChI is InChI=1S/C14H16N2/c1-11-12(5-3-9-15-2)7-8-13-6-4-10-16-14(11)13/h3-8,10,15H,9H2,1-2H3. The molecule has 0 aliphatic heterocycles. The van der Waals surface area contributed by atoms with Crippen LogP contribution >= 0.6 is 0 Å². The number of hydrogen-bond acceptors (Lipinski definition) is 2. The van der Waals surface area contributed by atoms with Gasteiger partial charge >= 0.3 is 0 Å². The Hall–Kier alpha value is -1.67. The minimum absolute atomic E-state index is 0.889. The average Bonchev–Trinajstić information content (AvgIpc) is 2.33. The van der Waals surface area contributed by atoms with Gasteiger partial charge in [-0.1, -0.05) is 30.4 Å². The van der Waals surface area contributed by atoms with Crippen LogP contribution in [0.2, 0.25) is 0 Å². The van der Waals surface area contributed by atoms with E-state index in [9.17, 15) is 0 Å². The molecule has 2 nitrogen and oxygen atoms in total. The fourth-order valence-electron chi connectivity index (χ4n) is 1.79. The van der Waals surface area contributed by atoms with Crippen molar-refractivity contribution >= 4 is 17.0 Å². The Morgan fingerprint density at radius 1 is 1.31 bits per heavy atom. The number of pyridine rings is 1. The summed E-state index contributed by atoms with van der Waals surface area (Å²) in [6, 6.07) is 8.33. The molecule has 1 aromatic heterocycles. The predicted molar refractivity (Wildman–Crippen MR) is 69.4 cm³/mol. The Bertz CT molecular complexity index is 515. The molecule has 1 heterocycles. The topological polar surface area (TPSA) is 24.9 Å². The summed E-state index contributed by atoms with van der Waals surface area (Å²) >= 11 is 0. The Morgan fingerprint density at radius 3 is 3.00 bits per heavy atom. The monoisotopic (exact) mass is 212 g/mol. The van der Waals surface area contributed by atoms with Gasteiger partial charge in [-0.3, -0.25) is 4.98 Å². The summed E-state index contributed by atoms with van der Waals surface area (Å²) in [6.45, 7) is 3.01.